The number of thiophene rings is 1. The van der Waals surface area contributed by atoms with Crippen LogP contribution >= 0.6 is 11.3 Å². The number of hydrogen-bond acceptors (Lipinski definition) is 6. The van der Waals surface area contributed by atoms with E-state index in [0.717, 1.165) is 5.69 Å². The monoisotopic (exact) mass is 415 g/mol. The SMILES string of the molecule is CN(C)c1ccc([C@@H](CNC(=O)c2ccncc2)S(=O)(=O)c2cccs2)cc1. The van der Waals surface area contributed by atoms with Crippen molar-refractivity contribution in [1.82, 2.24) is 10.3 Å². The number of benzene rings is 1. The molecule has 28 heavy (non-hydrogen) atoms. The Morgan fingerprint density at radius 3 is 2.36 bits per heavy atom. The van der Waals surface area contributed by atoms with E-state index in [9.17, 15) is 13.2 Å². The summed E-state index contributed by atoms with van der Waals surface area (Å²) in [5.74, 6) is -0.335. The maximum absolute atomic E-state index is 13.2. The van der Waals surface area contributed by atoms with Crippen molar-refractivity contribution in [2.45, 2.75) is 9.46 Å². The lowest BCUT2D eigenvalue weighted by atomic mass is 10.1. The lowest BCUT2D eigenvalue weighted by molar-refractivity contribution is 0.0953. The maximum Gasteiger partial charge on any atom is 0.251 e. The summed E-state index contributed by atoms with van der Waals surface area (Å²) in [4.78, 5) is 18.2. The molecule has 3 aromatic rings. The zero-order chi connectivity index (χ0) is 20.1. The molecule has 0 radical (unpaired) electrons. The second kappa shape index (κ2) is 8.53. The predicted octanol–water partition coefficient (Wildman–Crippen LogP) is 3.15. The van der Waals surface area contributed by atoms with Gasteiger partial charge in [0.15, 0.2) is 9.84 Å². The highest BCUT2D eigenvalue weighted by atomic mass is 32.2. The summed E-state index contributed by atoms with van der Waals surface area (Å²) in [5.41, 5.74) is 2.04. The predicted molar refractivity (Wildman–Crippen MR) is 112 cm³/mol. The number of carbonyl (C=O) groups excluding carboxylic acids is 1. The highest BCUT2D eigenvalue weighted by molar-refractivity contribution is 7.93. The van der Waals surface area contributed by atoms with E-state index in [0.29, 0.717) is 11.1 Å². The summed E-state index contributed by atoms with van der Waals surface area (Å²) < 4.78 is 26.7. The van der Waals surface area contributed by atoms with Crippen LogP contribution in [0.4, 0.5) is 5.69 Å². The van der Waals surface area contributed by atoms with E-state index >= 15 is 0 Å². The van der Waals surface area contributed by atoms with Gasteiger partial charge in [-0.15, -0.1) is 11.3 Å². The molecule has 0 bridgehead atoms. The Morgan fingerprint density at radius 1 is 1.11 bits per heavy atom. The van der Waals surface area contributed by atoms with Gasteiger partial charge < -0.3 is 10.2 Å². The molecule has 0 saturated heterocycles. The fourth-order valence-electron chi connectivity index (χ4n) is 2.75. The molecule has 8 heteroatoms. The first-order valence-electron chi connectivity index (χ1n) is 8.62. The number of nitrogens with one attached hydrogen (secondary N) is 1. The van der Waals surface area contributed by atoms with Gasteiger partial charge in [-0.3, -0.25) is 9.78 Å². The topological polar surface area (TPSA) is 79.4 Å². The number of aromatic nitrogens is 1. The van der Waals surface area contributed by atoms with Gasteiger partial charge in [0.1, 0.15) is 9.46 Å². The Morgan fingerprint density at radius 2 is 1.79 bits per heavy atom. The molecule has 0 spiro atoms. The average molecular weight is 416 g/mol. The summed E-state index contributed by atoms with van der Waals surface area (Å²) in [7, 11) is 0.197. The Labute approximate surface area is 168 Å². The van der Waals surface area contributed by atoms with Crippen LogP contribution in [-0.4, -0.2) is 39.9 Å². The molecule has 6 nitrogen and oxygen atoms in total. The molecule has 0 aliphatic heterocycles. The van der Waals surface area contributed by atoms with E-state index in [2.05, 4.69) is 10.3 Å². The van der Waals surface area contributed by atoms with Gasteiger partial charge in [-0.05, 0) is 41.3 Å². The normalized spacial score (nSPS) is 12.4. The Hall–Kier alpha value is -2.71. The molecule has 1 aromatic carbocycles. The first kappa shape index (κ1) is 20.0. The minimum Gasteiger partial charge on any atom is -0.378 e. The molecule has 1 N–H and O–H groups in total. The van der Waals surface area contributed by atoms with Crippen LogP contribution in [0.25, 0.3) is 0 Å². The smallest absolute Gasteiger partial charge is 0.251 e. The number of anilines is 1. The number of rotatable bonds is 7. The van der Waals surface area contributed by atoms with Crippen LogP contribution in [0.3, 0.4) is 0 Å². The van der Waals surface area contributed by atoms with Crippen LogP contribution in [0.2, 0.25) is 0 Å². The Kier molecular flexibility index (Phi) is 6.11. The summed E-state index contributed by atoms with van der Waals surface area (Å²) in [6, 6.07) is 13.8. The van der Waals surface area contributed by atoms with Crippen LogP contribution in [0.5, 0.6) is 0 Å². The molecule has 3 rings (SSSR count). The zero-order valence-electron chi connectivity index (χ0n) is 15.6. The highest BCUT2D eigenvalue weighted by Gasteiger charge is 2.30. The number of hydrogen-bond donors (Lipinski definition) is 1. The molecule has 0 saturated carbocycles. The molecule has 0 aliphatic carbocycles. The van der Waals surface area contributed by atoms with Gasteiger partial charge in [-0.1, -0.05) is 18.2 Å². The van der Waals surface area contributed by atoms with Crippen molar-refractivity contribution in [3.05, 3.63) is 77.4 Å². The largest absolute Gasteiger partial charge is 0.378 e. The fraction of sp³-hybridized carbons (Fsp3) is 0.200. The number of nitrogens with zero attached hydrogens (tertiary/aromatic N) is 2. The van der Waals surface area contributed by atoms with E-state index in [1.807, 2.05) is 31.1 Å². The van der Waals surface area contributed by atoms with Gasteiger partial charge in [-0.25, -0.2) is 8.42 Å². The van der Waals surface area contributed by atoms with Gasteiger partial charge in [-0.2, -0.15) is 0 Å². The molecular weight excluding hydrogens is 394 g/mol. The number of pyridine rings is 1. The van der Waals surface area contributed by atoms with Crippen molar-refractivity contribution >= 4 is 32.8 Å². The summed E-state index contributed by atoms with van der Waals surface area (Å²) in [5, 5.41) is 3.60. The van der Waals surface area contributed by atoms with Gasteiger partial charge in [0.2, 0.25) is 0 Å². The summed E-state index contributed by atoms with van der Waals surface area (Å²) in [6.07, 6.45) is 3.05. The Bertz CT molecular complexity index is 1020. The maximum atomic E-state index is 13.2. The first-order chi connectivity index (χ1) is 13.4. The third-order valence-electron chi connectivity index (χ3n) is 4.32. The lowest BCUT2D eigenvalue weighted by Crippen LogP contribution is -2.31. The zero-order valence-corrected chi connectivity index (χ0v) is 17.2. The second-order valence-corrected chi connectivity index (χ2v) is 9.70. The molecule has 0 aliphatic rings. The number of carbonyl (C=O) groups is 1. The van der Waals surface area contributed by atoms with Crippen molar-refractivity contribution in [1.29, 1.82) is 0 Å². The number of amides is 1. The fourth-order valence-corrected chi connectivity index (χ4v) is 5.62. The Balaban J connectivity index is 1.89. The van der Waals surface area contributed by atoms with Crippen LogP contribution in [-0.2, 0) is 9.84 Å². The minimum atomic E-state index is -3.64. The van der Waals surface area contributed by atoms with Crippen molar-refractivity contribution in [2.75, 3.05) is 25.5 Å². The average Bonchev–Trinajstić information content (AvgIpc) is 3.24. The van der Waals surface area contributed by atoms with Crippen LogP contribution < -0.4 is 10.2 Å². The minimum absolute atomic E-state index is 0.0251. The van der Waals surface area contributed by atoms with Gasteiger partial charge in [0.25, 0.3) is 5.91 Å². The summed E-state index contributed by atoms with van der Waals surface area (Å²) in [6.45, 7) is -0.0251. The third kappa shape index (κ3) is 4.40. The molecular formula is C20H21N3O3S2. The van der Waals surface area contributed by atoms with Crippen LogP contribution in [0.1, 0.15) is 21.2 Å². The molecule has 1 amide bonds. The molecule has 2 aromatic heterocycles. The van der Waals surface area contributed by atoms with E-state index in [4.69, 9.17) is 0 Å². The second-order valence-electron chi connectivity index (χ2n) is 6.40. The van der Waals surface area contributed by atoms with Crippen LogP contribution in [0, 0.1) is 0 Å². The van der Waals surface area contributed by atoms with Crippen LogP contribution in [0.15, 0.2) is 70.5 Å². The molecule has 2 heterocycles. The lowest BCUT2D eigenvalue weighted by Gasteiger charge is -2.20. The first-order valence-corrected chi connectivity index (χ1v) is 11.0. The number of sulfone groups is 1. The molecule has 0 unspecified atom stereocenters. The van der Waals surface area contributed by atoms with Crippen molar-refractivity contribution in [2.24, 2.45) is 0 Å². The van der Waals surface area contributed by atoms with Gasteiger partial charge in [0.05, 0.1) is 0 Å². The standard InChI is InChI=1S/C20H21N3O3S2/c1-23(2)17-7-5-15(6-8-17)18(28(25,26)19-4-3-13-27-19)14-22-20(24)16-9-11-21-12-10-16/h3-13,18H,14H2,1-2H3,(H,22,24)/t18-/m1/s1. The summed E-state index contributed by atoms with van der Waals surface area (Å²) >= 11 is 1.17. The third-order valence-corrected chi connectivity index (χ3v) is 7.85. The molecule has 146 valence electrons. The molecule has 1 atom stereocenters. The van der Waals surface area contributed by atoms with E-state index < -0.39 is 15.1 Å². The van der Waals surface area contributed by atoms with Crippen molar-refractivity contribution < 1.29 is 13.2 Å². The molecule has 0 fully saturated rings. The quantitative estimate of drug-likeness (QED) is 0.641. The highest BCUT2D eigenvalue weighted by Crippen LogP contribution is 2.32. The van der Waals surface area contributed by atoms with Crippen molar-refractivity contribution in [3.63, 3.8) is 0 Å². The van der Waals surface area contributed by atoms with E-state index in [1.54, 1.807) is 41.8 Å². The van der Waals surface area contributed by atoms with Crippen molar-refractivity contribution in [3.8, 4) is 0 Å². The van der Waals surface area contributed by atoms with Gasteiger partial charge >= 0.3 is 0 Å². The van der Waals surface area contributed by atoms with E-state index in [-0.39, 0.29) is 16.7 Å². The van der Waals surface area contributed by atoms with E-state index in [1.165, 1.54) is 23.7 Å². The van der Waals surface area contributed by atoms with Gasteiger partial charge in [0, 0.05) is 44.3 Å².